The molecule has 0 amide bonds. The predicted octanol–water partition coefficient (Wildman–Crippen LogP) is 0.996. The molecule has 2 rings (SSSR count). The first-order valence-corrected chi connectivity index (χ1v) is 5.94. The van der Waals surface area contributed by atoms with Crippen molar-refractivity contribution in [3.8, 4) is 0 Å². The maximum absolute atomic E-state index is 9.08. The van der Waals surface area contributed by atoms with Crippen LogP contribution in [0.3, 0.4) is 0 Å². The molecule has 0 spiro atoms. The van der Waals surface area contributed by atoms with E-state index in [1.807, 2.05) is 12.1 Å². The molecule has 0 radical (unpaired) electrons. The maximum Gasteiger partial charge on any atom is 0.490 e. The lowest BCUT2D eigenvalue weighted by molar-refractivity contribution is 0.426. The number of hydrogen-bond donors (Lipinski definition) is 3. The Kier molecular flexibility index (Phi) is 3.51. The van der Waals surface area contributed by atoms with Crippen molar-refractivity contribution < 1.29 is 10.0 Å². The van der Waals surface area contributed by atoms with Crippen molar-refractivity contribution >= 4 is 18.3 Å². The minimum Gasteiger partial charge on any atom is -0.423 e. The van der Waals surface area contributed by atoms with Crippen molar-refractivity contribution in [1.29, 1.82) is 0 Å². The second-order valence-corrected chi connectivity index (χ2v) is 4.60. The Morgan fingerprint density at radius 3 is 2.38 bits per heavy atom. The number of nitrogen functional groups attached to an aromatic ring is 1. The van der Waals surface area contributed by atoms with Crippen molar-refractivity contribution in [2.75, 3.05) is 5.73 Å². The van der Waals surface area contributed by atoms with Gasteiger partial charge < -0.3 is 15.8 Å². The molecule has 0 saturated heterocycles. The third-order valence-electron chi connectivity index (χ3n) is 3.47. The van der Waals surface area contributed by atoms with E-state index in [-0.39, 0.29) is 0 Å². The molecule has 86 valence electrons. The third-order valence-corrected chi connectivity index (χ3v) is 3.47. The summed E-state index contributed by atoms with van der Waals surface area (Å²) in [7, 11) is -1.47. The van der Waals surface area contributed by atoms with Gasteiger partial charge in [0.15, 0.2) is 0 Å². The fourth-order valence-electron chi connectivity index (χ4n) is 2.52. The number of benzene rings is 1. The summed E-state index contributed by atoms with van der Waals surface area (Å²) in [6.45, 7) is 0. The zero-order chi connectivity index (χ0) is 11.5. The Balaban J connectivity index is 2.19. The first kappa shape index (κ1) is 11.5. The number of nitrogens with two attached hydrogens (primary N) is 1. The summed E-state index contributed by atoms with van der Waals surface area (Å²) < 4.78 is 0. The second-order valence-electron chi connectivity index (χ2n) is 4.60. The molecule has 1 aliphatic carbocycles. The molecule has 1 fully saturated rings. The summed E-state index contributed by atoms with van der Waals surface area (Å²) in [4.78, 5) is 0. The molecule has 0 heterocycles. The molecule has 1 aromatic carbocycles. The van der Waals surface area contributed by atoms with Crippen LogP contribution in [0.25, 0.3) is 0 Å². The van der Waals surface area contributed by atoms with Gasteiger partial charge in [-0.1, -0.05) is 31.4 Å². The SMILES string of the molecule is Nc1cc(C2CCCCC2)ccc1B(O)O. The molecular weight excluding hydrogens is 201 g/mol. The first-order valence-electron chi connectivity index (χ1n) is 5.94. The smallest absolute Gasteiger partial charge is 0.423 e. The van der Waals surface area contributed by atoms with Gasteiger partial charge in [0.25, 0.3) is 0 Å². The number of anilines is 1. The zero-order valence-electron chi connectivity index (χ0n) is 9.39. The van der Waals surface area contributed by atoms with E-state index in [4.69, 9.17) is 15.8 Å². The predicted molar refractivity (Wildman–Crippen MR) is 66.5 cm³/mol. The molecule has 0 aromatic heterocycles. The lowest BCUT2D eigenvalue weighted by Gasteiger charge is -2.22. The van der Waals surface area contributed by atoms with E-state index in [0.29, 0.717) is 17.1 Å². The van der Waals surface area contributed by atoms with Crippen LogP contribution in [0, 0.1) is 0 Å². The standard InChI is InChI=1S/C12H18BNO2/c14-12-8-10(6-7-11(12)13(15)16)9-4-2-1-3-5-9/h6-9,15-16H,1-5,14H2. The van der Waals surface area contributed by atoms with E-state index in [2.05, 4.69) is 0 Å². The Morgan fingerprint density at radius 2 is 1.81 bits per heavy atom. The summed E-state index contributed by atoms with van der Waals surface area (Å²) in [6, 6.07) is 5.59. The van der Waals surface area contributed by atoms with Crippen molar-refractivity contribution in [1.82, 2.24) is 0 Å². The van der Waals surface area contributed by atoms with Gasteiger partial charge >= 0.3 is 7.12 Å². The quantitative estimate of drug-likeness (QED) is 0.513. The Hall–Kier alpha value is -0.995. The monoisotopic (exact) mass is 219 g/mol. The van der Waals surface area contributed by atoms with E-state index < -0.39 is 7.12 Å². The molecule has 1 aromatic rings. The van der Waals surface area contributed by atoms with Gasteiger partial charge in [-0.2, -0.15) is 0 Å². The van der Waals surface area contributed by atoms with Crippen molar-refractivity contribution in [3.05, 3.63) is 23.8 Å². The summed E-state index contributed by atoms with van der Waals surface area (Å²) in [5.41, 5.74) is 7.93. The van der Waals surface area contributed by atoms with E-state index in [1.165, 1.54) is 37.7 Å². The minimum atomic E-state index is -1.47. The molecule has 0 unspecified atom stereocenters. The third kappa shape index (κ3) is 2.39. The highest BCUT2D eigenvalue weighted by atomic mass is 16.4. The van der Waals surface area contributed by atoms with E-state index >= 15 is 0 Å². The van der Waals surface area contributed by atoms with Gasteiger partial charge in [-0.25, -0.2) is 0 Å². The molecule has 0 aliphatic heterocycles. The Bertz CT molecular complexity index is 362. The Morgan fingerprint density at radius 1 is 1.12 bits per heavy atom. The molecule has 3 nitrogen and oxygen atoms in total. The van der Waals surface area contributed by atoms with E-state index in [0.717, 1.165) is 0 Å². The summed E-state index contributed by atoms with van der Waals surface area (Å²) >= 11 is 0. The van der Waals surface area contributed by atoms with Gasteiger partial charge in [-0.3, -0.25) is 0 Å². The van der Waals surface area contributed by atoms with Gasteiger partial charge in [-0.05, 0) is 30.4 Å². The lowest BCUT2D eigenvalue weighted by atomic mass is 9.76. The van der Waals surface area contributed by atoms with Crippen LogP contribution in [0.1, 0.15) is 43.6 Å². The van der Waals surface area contributed by atoms with Crippen LogP contribution in [0.15, 0.2) is 18.2 Å². The molecule has 4 heteroatoms. The second kappa shape index (κ2) is 4.89. The molecule has 0 atom stereocenters. The fourth-order valence-corrected chi connectivity index (χ4v) is 2.52. The van der Waals surface area contributed by atoms with E-state index in [9.17, 15) is 0 Å². The van der Waals surface area contributed by atoms with Crippen LogP contribution in [0.5, 0.6) is 0 Å². The van der Waals surface area contributed by atoms with Crippen LogP contribution in [0.4, 0.5) is 5.69 Å². The van der Waals surface area contributed by atoms with Gasteiger partial charge in [-0.15, -0.1) is 0 Å². The average molecular weight is 219 g/mol. The highest BCUT2D eigenvalue weighted by Gasteiger charge is 2.19. The molecular formula is C12H18BNO2. The topological polar surface area (TPSA) is 66.5 Å². The molecule has 1 saturated carbocycles. The van der Waals surface area contributed by atoms with Crippen molar-refractivity contribution in [2.45, 2.75) is 38.0 Å². The minimum absolute atomic E-state index is 0.402. The first-order chi connectivity index (χ1) is 7.68. The summed E-state index contributed by atoms with van der Waals surface area (Å²) in [6.07, 6.45) is 6.35. The zero-order valence-corrected chi connectivity index (χ0v) is 9.39. The Labute approximate surface area is 96.4 Å². The summed E-state index contributed by atoms with van der Waals surface area (Å²) in [5, 5.41) is 18.2. The average Bonchev–Trinajstić information content (AvgIpc) is 2.29. The van der Waals surface area contributed by atoms with Crippen LogP contribution < -0.4 is 11.2 Å². The molecule has 1 aliphatic rings. The van der Waals surface area contributed by atoms with E-state index in [1.54, 1.807) is 6.07 Å². The van der Waals surface area contributed by atoms with Gasteiger partial charge in [0.2, 0.25) is 0 Å². The largest absolute Gasteiger partial charge is 0.490 e. The van der Waals surface area contributed by atoms with Gasteiger partial charge in [0.05, 0.1) is 0 Å². The molecule has 4 N–H and O–H groups in total. The highest BCUT2D eigenvalue weighted by Crippen LogP contribution is 2.32. The summed E-state index contributed by atoms with van der Waals surface area (Å²) in [5.74, 6) is 0.598. The normalized spacial score (nSPS) is 17.4. The fraction of sp³-hybridized carbons (Fsp3) is 0.500. The van der Waals surface area contributed by atoms with Crippen LogP contribution in [-0.4, -0.2) is 17.2 Å². The van der Waals surface area contributed by atoms with Crippen molar-refractivity contribution in [2.24, 2.45) is 0 Å². The molecule has 16 heavy (non-hydrogen) atoms. The highest BCUT2D eigenvalue weighted by molar-refractivity contribution is 6.60. The van der Waals surface area contributed by atoms with Crippen LogP contribution in [0.2, 0.25) is 0 Å². The van der Waals surface area contributed by atoms with Crippen molar-refractivity contribution in [3.63, 3.8) is 0 Å². The number of rotatable bonds is 2. The maximum atomic E-state index is 9.08. The number of hydrogen-bond acceptors (Lipinski definition) is 3. The van der Waals surface area contributed by atoms with Crippen LogP contribution in [-0.2, 0) is 0 Å². The van der Waals surface area contributed by atoms with Crippen LogP contribution >= 0.6 is 0 Å². The van der Waals surface area contributed by atoms with Gasteiger partial charge in [0.1, 0.15) is 0 Å². The lowest BCUT2D eigenvalue weighted by Crippen LogP contribution is -2.32. The van der Waals surface area contributed by atoms with Gasteiger partial charge in [0, 0.05) is 11.2 Å². The molecule has 0 bridgehead atoms.